The zero-order valence-electron chi connectivity index (χ0n) is 11.1. The van der Waals surface area contributed by atoms with Crippen molar-refractivity contribution in [2.75, 3.05) is 20.2 Å². The third-order valence-electron chi connectivity index (χ3n) is 2.52. The van der Waals surface area contributed by atoms with Crippen LogP contribution >= 0.6 is 11.3 Å². The van der Waals surface area contributed by atoms with Gasteiger partial charge >= 0.3 is 5.97 Å². The van der Waals surface area contributed by atoms with Crippen LogP contribution in [0.25, 0.3) is 0 Å². The zero-order chi connectivity index (χ0) is 13.5. The van der Waals surface area contributed by atoms with Gasteiger partial charge in [0.05, 0.1) is 17.9 Å². The number of esters is 1. The minimum atomic E-state index is -0.266. The molecule has 1 aromatic rings. The van der Waals surface area contributed by atoms with Gasteiger partial charge in [0.15, 0.2) is 0 Å². The number of aryl methyl sites for hydroxylation is 1. The number of rotatable bonds is 6. The molecule has 0 atom stereocenters. The molecule has 0 saturated carbocycles. The Morgan fingerprint density at radius 1 is 1.33 bits per heavy atom. The topological polar surface area (TPSA) is 46.6 Å². The van der Waals surface area contributed by atoms with Gasteiger partial charge in [-0.15, -0.1) is 11.3 Å². The first-order chi connectivity index (χ1) is 8.58. The summed E-state index contributed by atoms with van der Waals surface area (Å²) >= 11 is 1.51. The number of thiophene rings is 1. The summed E-state index contributed by atoms with van der Waals surface area (Å²) in [6.45, 7) is 4.59. The molecule has 18 heavy (non-hydrogen) atoms. The van der Waals surface area contributed by atoms with E-state index in [1.165, 1.54) is 16.2 Å². The van der Waals surface area contributed by atoms with Crippen molar-refractivity contribution >= 4 is 23.2 Å². The molecule has 5 heteroatoms. The maximum absolute atomic E-state index is 12.0. The van der Waals surface area contributed by atoms with Gasteiger partial charge in [-0.25, -0.2) is 0 Å². The van der Waals surface area contributed by atoms with Gasteiger partial charge in [0, 0.05) is 18.5 Å². The van der Waals surface area contributed by atoms with Gasteiger partial charge in [-0.05, 0) is 25.5 Å². The van der Waals surface area contributed by atoms with Crippen molar-refractivity contribution in [3.8, 4) is 0 Å². The molecule has 1 amide bonds. The maximum Gasteiger partial charge on any atom is 0.307 e. The van der Waals surface area contributed by atoms with Gasteiger partial charge in [0.2, 0.25) is 0 Å². The summed E-state index contributed by atoms with van der Waals surface area (Å²) in [5, 5.41) is 0. The summed E-state index contributed by atoms with van der Waals surface area (Å²) in [6, 6.07) is 3.81. The Hall–Kier alpha value is -1.36. The molecule has 0 unspecified atom stereocenters. The highest BCUT2D eigenvalue weighted by molar-refractivity contribution is 7.14. The van der Waals surface area contributed by atoms with E-state index in [1.54, 1.807) is 18.9 Å². The van der Waals surface area contributed by atoms with Crippen LogP contribution in [-0.2, 0) is 16.0 Å². The van der Waals surface area contributed by atoms with Crippen molar-refractivity contribution in [1.82, 2.24) is 4.90 Å². The highest BCUT2D eigenvalue weighted by Crippen LogP contribution is 2.18. The quantitative estimate of drug-likeness (QED) is 0.745. The number of carbonyl (C=O) groups is 2. The largest absolute Gasteiger partial charge is 0.466 e. The van der Waals surface area contributed by atoms with Crippen molar-refractivity contribution in [2.24, 2.45) is 0 Å². The first-order valence-corrected chi connectivity index (χ1v) is 6.89. The Bertz CT molecular complexity index is 414. The highest BCUT2D eigenvalue weighted by Gasteiger charge is 2.15. The molecule has 0 fully saturated rings. The lowest BCUT2D eigenvalue weighted by atomic mass is 10.3. The Morgan fingerprint density at radius 3 is 2.61 bits per heavy atom. The van der Waals surface area contributed by atoms with E-state index in [1.807, 2.05) is 12.1 Å². The van der Waals surface area contributed by atoms with Gasteiger partial charge in [-0.1, -0.05) is 6.92 Å². The second-order valence-electron chi connectivity index (χ2n) is 3.90. The summed E-state index contributed by atoms with van der Waals surface area (Å²) in [6.07, 6.45) is 1.17. The fourth-order valence-corrected chi connectivity index (χ4v) is 2.41. The van der Waals surface area contributed by atoms with E-state index in [0.29, 0.717) is 13.2 Å². The fraction of sp³-hybridized carbons (Fsp3) is 0.538. The summed E-state index contributed by atoms with van der Waals surface area (Å²) in [7, 11) is 1.70. The zero-order valence-corrected chi connectivity index (χ0v) is 11.9. The number of hydrogen-bond donors (Lipinski definition) is 0. The molecule has 1 heterocycles. The summed E-state index contributed by atoms with van der Waals surface area (Å²) in [5.41, 5.74) is 0. The molecule has 0 saturated heterocycles. The molecule has 0 aromatic carbocycles. The number of amides is 1. The number of hydrogen-bond acceptors (Lipinski definition) is 4. The van der Waals surface area contributed by atoms with E-state index >= 15 is 0 Å². The van der Waals surface area contributed by atoms with Crippen molar-refractivity contribution in [1.29, 1.82) is 0 Å². The van der Waals surface area contributed by atoms with Crippen LogP contribution in [0.4, 0.5) is 0 Å². The van der Waals surface area contributed by atoms with Crippen LogP contribution in [0, 0.1) is 0 Å². The first-order valence-electron chi connectivity index (χ1n) is 6.08. The predicted molar refractivity (Wildman–Crippen MR) is 71.9 cm³/mol. The van der Waals surface area contributed by atoms with Crippen LogP contribution in [-0.4, -0.2) is 37.0 Å². The molecule has 0 aliphatic rings. The van der Waals surface area contributed by atoms with Crippen LogP contribution < -0.4 is 0 Å². The lowest BCUT2D eigenvalue weighted by molar-refractivity contribution is -0.143. The normalized spacial score (nSPS) is 10.2. The van der Waals surface area contributed by atoms with E-state index < -0.39 is 0 Å². The average Bonchev–Trinajstić information content (AvgIpc) is 2.84. The molecule has 0 N–H and O–H groups in total. The van der Waals surface area contributed by atoms with Crippen LogP contribution in [0.1, 0.15) is 34.8 Å². The van der Waals surface area contributed by atoms with Crippen molar-refractivity contribution < 1.29 is 14.3 Å². The van der Waals surface area contributed by atoms with Crippen molar-refractivity contribution in [3.05, 3.63) is 21.9 Å². The van der Waals surface area contributed by atoms with Crippen LogP contribution in [0.5, 0.6) is 0 Å². The van der Waals surface area contributed by atoms with E-state index in [0.717, 1.165) is 11.3 Å². The average molecular weight is 269 g/mol. The Labute approximate surface area is 112 Å². The standard InChI is InChI=1S/C13H19NO3S/c1-4-10-6-7-11(18-10)13(16)14(3)9-8-12(15)17-5-2/h6-7H,4-5,8-9H2,1-3H3. The molecule has 0 aliphatic carbocycles. The molecule has 1 aromatic heterocycles. The lowest BCUT2D eigenvalue weighted by Gasteiger charge is -2.15. The van der Waals surface area contributed by atoms with Crippen molar-refractivity contribution in [2.45, 2.75) is 26.7 Å². The van der Waals surface area contributed by atoms with Gasteiger partial charge in [-0.3, -0.25) is 9.59 Å². The maximum atomic E-state index is 12.0. The van der Waals surface area contributed by atoms with Crippen LogP contribution in [0.3, 0.4) is 0 Å². The SMILES string of the molecule is CCOC(=O)CCN(C)C(=O)c1ccc(CC)s1. The Morgan fingerprint density at radius 2 is 2.06 bits per heavy atom. The summed E-state index contributed by atoms with van der Waals surface area (Å²) in [4.78, 5) is 26.7. The Balaban J connectivity index is 2.48. The van der Waals surface area contributed by atoms with Gasteiger partial charge < -0.3 is 9.64 Å². The molecule has 0 bridgehead atoms. The van der Waals surface area contributed by atoms with Gasteiger partial charge in [-0.2, -0.15) is 0 Å². The second-order valence-corrected chi connectivity index (χ2v) is 5.07. The minimum Gasteiger partial charge on any atom is -0.466 e. The molecule has 0 aliphatic heterocycles. The molecule has 1 rings (SSSR count). The third-order valence-corrected chi connectivity index (χ3v) is 3.74. The van der Waals surface area contributed by atoms with E-state index in [2.05, 4.69) is 6.92 Å². The van der Waals surface area contributed by atoms with Gasteiger partial charge in [0.1, 0.15) is 0 Å². The molecule has 100 valence electrons. The molecule has 4 nitrogen and oxygen atoms in total. The molecular weight excluding hydrogens is 250 g/mol. The van der Waals surface area contributed by atoms with Crippen molar-refractivity contribution in [3.63, 3.8) is 0 Å². The molecule has 0 spiro atoms. The van der Waals surface area contributed by atoms with Gasteiger partial charge in [0.25, 0.3) is 5.91 Å². The van der Waals surface area contributed by atoms with Crippen LogP contribution in [0.15, 0.2) is 12.1 Å². The number of nitrogens with zero attached hydrogens (tertiary/aromatic N) is 1. The lowest BCUT2D eigenvalue weighted by Crippen LogP contribution is -2.28. The van der Waals surface area contributed by atoms with E-state index in [-0.39, 0.29) is 18.3 Å². The number of ether oxygens (including phenoxy) is 1. The summed E-state index contributed by atoms with van der Waals surface area (Å²) < 4.78 is 4.82. The van der Waals surface area contributed by atoms with Crippen LogP contribution in [0.2, 0.25) is 0 Å². The first kappa shape index (κ1) is 14.7. The van der Waals surface area contributed by atoms with E-state index in [9.17, 15) is 9.59 Å². The molecule has 0 radical (unpaired) electrons. The fourth-order valence-electron chi connectivity index (χ4n) is 1.46. The second kappa shape index (κ2) is 7.16. The third kappa shape index (κ3) is 4.14. The molecular formula is C13H19NO3S. The Kier molecular flexibility index (Phi) is 5.85. The summed E-state index contributed by atoms with van der Waals surface area (Å²) in [5.74, 6) is -0.304. The smallest absolute Gasteiger partial charge is 0.307 e. The highest BCUT2D eigenvalue weighted by atomic mass is 32.1. The van der Waals surface area contributed by atoms with E-state index in [4.69, 9.17) is 4.74 Å². The monoisotopic (exact) mass is 269 g/mol. The number of carbonyl (C=O) groups excluding carboxylic acids is 2. The predicted octanol–water partition coefficient (Wildman–Crippen LogP) is 2.34. The minimum absolute atomic E-state index is 0.0380.